The van der Waals surface area contributed by atoms with Gasteiger partial charge in [-0.05, 0) is 55.8 Å². The molecule has 4 rings (SSSR count). The van der Waals surface area contributed by atoms with Gasteiger partial charge in [0.05, 0.1) is 5.69 Å². The third-order valence-corrected chi connectivity index (χ3v) is 7.02. The van der Waals surface area contributed by atoms with Gasteiger partial charge in [0.25, 0.3) is 5.91 Å². The largest absolute Gasteiger partial charge is 0.336 e. The lowest BCUT2D eigenvalue weighted by atomic mass is 10.0. The van der Waals surface area contributed by atoms with Gasteiger partial charge in [0.2, 0.25) is 0 Å². The van der Waals surface area contributed by atoms with Gasteiger partial charge in [-0.2, -0.15) is 5.10 Å². The molecule has 1 atom stereocenters. The van der Waals surface area contributed by atoms with Crippen LogP contribution in [0.25, 0.3) is 23.4 Å². The number of aryl methyl sites for hydroxylation is 1. The molecule has 5 nitrogen and oxygen atoms in total. The molecule has 1 aliphatic heterocycles. The highest BCUT2D eigenvalue weighted by Crippen LogP contribution is 2.28. The van der Waals surface area contributed by atoms with Gasteiger partial charge in [-0.25, -0.2) is 0 Å². The summed E-state index contributed by atoms with van der Waals surface area (Å²) in [5.41, 5.74) is 5.69. The van der Waals surface area contributed by atoms with E-state index in [-0.39, 0.29) is 5.91 Å². The zero-order chi connectivity index (χ0) is 24.2. The van der Waals surface area contributed by atoms with Crippen molar-refractivity contribution in [3.05, 3.63) is 75.9 Å². The zero-order valence-electron chi connectivity index (χ0n) is 20.5. The Morgan fingerprint density at radius 3 is 2.53 bits per heavy atom. The predicted molar refractivity (Wildman–Crippen MR) is 141 cm³/mol. The van der Waals surface area contributed by atoms with Crippen molar-refractivity contribution in [3.8, 4) is 11.3 Å². The fourth-order valence-corrected chi connectivity index (χ4v) is 5.03. The van der Waals surface area contributed by atoms with Crippen LogP contribution in [0, 0.1) is 6.92 Å². The van der Waals surface area contributed by atoms with E-state index >= 15 is 0 Å². The van der Waals surface area contributed by atoms with Gasteiger partial charge in [-0.1, -0.05) is 67.9 Å². The Balaban J connectivity index is 1.55. The summed E-state index contributed by atoms with van der Waals surface area (Å²) < 4.78 is 1.84. The smallest absolute Gasteiger partial charge is 0.274 e. The van der Waals surface area contributed by atoms with Crippen LogP contribution in [0.1, 0.15) is 47.4 Å². The SMILES string of the molecule is CCN(CC)C1CCN(C(=O)c2nn(C)c(-c3cccc(/C=C/c4ccc(Cl)cc4)c3)c2C)C1. The number of likely N-dealkylation sites (tertiary alicyclic amines) is 1. The van der Waals surface area contributed by atoms with Gasteiger partial charge in [-0.3, -0.25) is 14.4 Å². The molecule has 0 aliphatic carbocycles. The number of aromatic nitrogens is 2. The van der Waals surface area contributed by atoms with Crippen molar-refractivity contribution in [1.29, 1.82) is 0 Å². The van der Waals surface area contributed by atoms with Crippen molar-refractivity contribution >= 4 is 29.7 Å². The molecule has 0 bridgehead atoms. The molecule has 6 heteroatoms. The lowest BCUT2D eigenvalue weighted by Gasteiger charge is -2.26. The molecule has 3 aromatic rings. The van der Waals surface area contributed by atoms with Crippen LogP contribution in [0.3, 0.4) is 0 Å². The number of nitrogens with zero attached hydrogens (tertiary/aromatic N) is 4. The molecule has 0 N–H and O–H groups in total. The lowest BCUT2D eigenvalue weighted by molar-refractivity contribution is 0.0770. The van der Waals surface area contributed by atoms with Crippen LogP contribution in [0.15, 0.2) is 48.5 Å². The van der Waals surface area contributed by atoms with Gasteiger partial charge >= 0.3 is 0 Å². The number of benzene rings is 2. The molecule has 1 fully saturated rings. The second kappa shape index (κ2) is 10.6. The van der Waals surface area contributed by atoms with E-state index in [4.69, 9.17) is 11.6 Å². The van der Waals surface area contributed by atoms with E-state index in [1.807, 2.05) is 53.9 Å². The Bertz CT molecular complexity index is 1180. The van der Waals surface area contributed by atoms with Crippen LogP contribution >= 0.6 is 11.6 Å². The maximum atomic E-state index is 13.4. The average molecular weight is 477 g/mol. The maximum Gasteiger partial charge on any atom is 0.274 e. The quantitative estimate of drug-likeness (QED) is 0.406. The Labute approximate surface area is 207 Å². The second-order valence-corrected chi connectivity index (χ2v) is 9.31. The van der Waals surface area contributed by atoms with Gasteiger partial charge in [0.1, 0.15) is 0 Å². The van der Waals surface area contributed by atoms with Gasteiger partial charge < -0.3 is 4.90 Å². The number of carbonyl (C=O) groups is 1. The van der Waals surface area contributed by atoms with E-state index in [0.717, 1.165) is 65.6 Å². The highest BCUT2D eigenvalue weighted by molar-refractivity contribution is 6.30. The molecule has 0 spiro atoms. The molecule has 0 saturated carbocycles. The molecular weight excluding hydrogens is 444 g/mol. The van der Waals surface area contributed by atoms with Gasteiger partial charge in [0.15, 0.2) is 5.69 Å². The monoisotopic (exact) mass is 476 g/mol. The molecule has 1 aliphatic rings. The van der Waals surface area contributed by atoms with Crippen LogP contribution in [0.4, 0.5) is 0 Å². The van der Waals surface area contributed by atoms with Crippen LogP contribution in [0.2, 0.25) is 5.02 Å². The normalized spacial score (nSPS) is 16.2. The number of carbonyl (C=O) groups excluding carboxylic acids is 1. The number of hydrogen-bond acceptors (Lipinski definition) is 3. The van der Waals surface area contributed by atoms with Crippen LogP contribution in [-0.2, 0) is 7.05 Å². The molecule has 1 aromatic heterocycles. The van der Waals surface area contributed by atoms with Crippen molar-refractivity contribution in [1.82, 2.24) is 19.6 Å². The summed E-state index contributed by atoms with van der Waals surface area (Å²) in [5.74, 6) is 0.0350. The molecule has 1 unspecified atom stereocenters. The summed E-state index contributed by atoms with van der Waals surface area (Å²) in [6.45, 7) is 9.96. The molecular formula is C28H33ClN4O. The first-order valence-corrected chi connectivity index (χ1v) is 12.4. The van der Waals surface area contributed by atoms with Crippen LogP contribution < -0.4 is 0 Å². The minimum atomic E-state index is 0.0350. The lowest BCUT2D eigenvalue weighted by Crippen LogP contribution is -2.38. The maximum absolute atomic E-state index is 13.4. The summed E-state index contributed by atoms with van der Waals surface area (Å²) in [6.07, 6.45) is 5.18. The van der Waals surface area contributed by atoms with E-state index in [2.05, 4.69) is 54.2 Å². The Morgan fingerprint density at radius 1 is 1.12 bits per heavy atom. The summed E-state index contributed by atoms with van der Waals surface area (Å²) in [6, 6.07) is 16.5. The number of halogens is 1. The summed E-state index contributed by atoms with van der Waals surface area (Å²) in [5, 5.41) is 5.38. The number of hydrogen-bond donors (Lipinski definition) is 0. The molecule has 34 heavy (non-hydrogen) atoms. The summed E-state index contributed by atoms with van der Waals surface area (Å²) in [4.78, 5) is 17.8. The minimum absolute atomic E-state index is 0.0350. The molecule has 1 saturated heterocycles. The van der Waals surface area contributed by atoms with E-state index in [1.54, 1.807) is 0 Å². The van der Waals surface area contributed by atoms with Crippen molar-refractivity contribution in [2.45, 2.75) is 33.2 Å². The van der Waals surface area contributed by atoms with Gasteiger partial charge in [-0.15, -0.1) is 0 Å². The van der Waals surface area contributed by atoms with Crippen LogP contribution in [0.5, 0.6) is 0 Å². The number of amides is 1. The fraction of sp³-hybridized carbons (Fsp3) is 0.357. The summed E-state index contributed by atoms with van der Waals surface area (Å²) >= 11 is 5.99. The molecule has 178 valence electrons. The van der Waals surface area contributed by atoms with E-state index in [1.165, 1.54) is 0 Å². The molecule has 2 aromatic carbocycles. The first-order valence-electron chi connectivity index (χ1n) is 12.0. The highest BCUT2D eigenvalue weighted by atomic mass is 35.5. The van der Waals surface area contributed by atoms with E-state index < -0.39 is 0 Å². The minimum Gasteiger partial charge on any atom is -0.336 e. The first-order chi connectivity index (χ1) is 16.4. The van der Waals surface area contributed by atoms with Crippen molar-refractivity contribution in [3.63, 3.8) is 0 Å². The number of likely N-dealkylation sites (N-methyl/N-ethyl adjacent to an activating group) is 1. The fourth-order valence-electron chi connectivity index (χ4n) is 4.91. The van der Waals surface area contributed by atoms with E-state index in [9.17, 15) is 4.79 Å². The molecule has 1 amide bonds. The Kier molecular flexibility index (Phi) is 7.54. The van der Waals surface area contributed by atoms with Crippen molar-refractivity contribution in [2.24, 2.45) is 7.05 Å². The molecule has 0 radical (unpaired) electrons. The Hall–Kier alpha value is -2.89. The van der Waals surface area contributed by atoms with E-state index in [0.29, 0.717) is 11.7 Å². The summed E-state index contributed by atoms with van der Waals surface area (Å²) in [7, 11) is 1.91. The predicted octanol–water partition coefficient (Wildman–Crippen LogP) is 5.78. The van der Waals surface area contributed by atoms with Gasteiger partial charge in [0, 0.05) is 42.3 Å². The van der Waals surface area contributed by atoms with Crippen LogP contribution in [-0.4, -0.2) is 57.7 Å². The first kappa shape index (κ1) is 24.2. The second-order valence-electron chi connectivity index (χ2n) is 8.87. The average Bonchev–Trinajstić information content (AvgIpc) is 3.44. The Morgan fingerprint density at radius 2 is 1.82 bits per heavy atom. The standard InChI is InChI=1S/C28H33ClN4O/c1-5-32(6-2)25-16-17-33(19-25)28(34)26-20(3)27(31(4)30-26)23-9-7-8-22(18-23)11-10-21-12-14-24(29)15-13-21/h7-15,18,25H,5-6,16-17,19H2,1-4H3/b11-10+. The number of rotatable bonds is 7. The third-order valence-electron chi connectivity index (χ3n) is 6.76. The van der Waals surface area contributed by atoms with Crippen molar-refractivity contribution < 1.29 is 4.79 Å². The van der Waals surface area contributed by atoms with Crippen molar-refractivity contribution in [2.75, 3.05) is 26.2 Å². The topological polar surface area (TPSA) is 41.4 Å². The third kappa shape index (κ3) is 5.11. The highest BCUT2D eigenvalue weighted by Gasteiger charge is 2.32. The zero-order valence-corrected chi connectivity index (χ0v) is 21.2. The molecule has 2 heterocycles.